The molecule has 0 saturated carbocycles. The minimum absolute atomic E-state index is 0.160. The van der Waals surface area contributed by atoms with Crippen LogP contribution in [0.25, 0.3) is 0 Å². The molecule has 2 heterocycles. The fourth-order valence-corrected chi connectivity index (χ4v) is 5.39. The summed E-state index contributed by atoms with van der Waals surface area (Å²) in [5, 5.41) is 0. The molecule has 2 aliphatic heterocycles. The van der Waals surface area contributed by atoms with Crippen molar-refractivity contribution in [3.05, 3.63) is 29.8 Å². The Morgan fingerprint density at radius 2 is 1.45 bits per heavy atom. The average molecular weight is 452 g/mol. The third kappa shape index (κ3) is 5.98. The van der Waals surface area contributed by atoms with Crippen LogP contribution >= 0.6 is 0 Å². The van der Waals surface area contributed by atoms with Crippen LogP contribution in [0.5, 0.6) is 0 Å². The van der Waals surface area contributed by atoms with Crippen molar-refractivity contribution in [2.45, 2.75) is 57.0 Å². The van der Waals surface area contributed by atoms with Gasteiger partial charge >= 0.3 is 6.09 Å². The summed E-state index contributed by atoms with van der Waals surface area (Å²) in [4.78, 5) is 28.6. The third-order valence-corrected chi connectivity index (χ3v) is 7.40. The number of ether oxygens (including phenoxy) is 1. The number of carbonyl (C=O) groups is 2. The zero-order valence-corrected chi connectivity index (χ0v) is 19.5. The molecule has 172 valence electrons. The first-order chi connectivity index (χ1) is 14.6. The zero-order chi connectivity index (χ0) is 22.6. The fraction of sp³-hybridized carbons (Fsp3) is 0.636. The highest BCUT2D eigenvalue weighted by Gasteiger charge is 2.30. The molecule has 0 spiro atoms. The highest BCUT2D eigenvalue weighted by atomic mass is 32.2. The fourth-order valence-electron chi connectivity index (χ4n) is 3.82. The summed E-state index contributed by atoms with van der Waals surface area (Å²) in [6.45, 7) is 8.01. The molecule has 9 heteroatoms. The summed E-state index contributed by atoms with van der Waals surface area (Å²) in [7, 11) is -3.62. The van der Waals surface area contributed by atoms with Gasteiger partial charge in [-0.25, -0.2) is 13.2 Å². The predicted molar refractivity (Wildman–Crippen MR) is 117 cm³/mol. The summed E-state index contributed by atoms with van der Waals surface area (Å²) >= 11 is 0. The topological polar surface area (TPSA) is 87.2 Å². The SMILES string of the molecule is CC(C)(C)OC(=O)N1CCN(C(=O)c2cccc(S(=O)(=O)N3CCCCCC3)c2)CC1. The third-order valence-electron chi connectivity index (χ3n) is 5.50. The van der Waals surface area contributed by atoms with E-state index in [0.717, 1.165) is 25.7 Å². The molecule has 2 aliphatic rings. The Labute approximate surface area is 185 Å². The summed E-state index contributed by atoms with van der Waals surface area (Å²) in [5.41, 5.74) is -0.217. The lowest BCUT2D eigenvalue weighted by Gasteiger charge is -2.35. The lowest BCUT2D eigenvalue weighted by molar-refractivity contribution is 0.0141. The first-order valence-corrected chi connectivity index (χ1v) is 12.4. The van der Waals surface area contributed by atoms with Crippen molar-refractivity contribution in [3.8, 4) is 0 Å². The molecular weight excluding hydrogens is 418 g/mol. The Morgan fingerprint density at radius 1 is 0.871 bits per heavy atom. The van der Waals surface area contributed by atoms with Crippen molar-refractivity contribution >= 4 is 22.0 Å². The van der Waals surface area contributed by atoms with E-state index in [2.05, 4.69) is 0 Å². The van der Waals surface area contributed by atoms with E-state index in [1.807, 2.05) is 20.8 Å². The molecule has 0 aromatic heterocycles. The summed E-state index contributed by atoms with van der Waals surface area (Å²) in [6, 6.07) is 6.29. The second-order valence-electron chi connectivity index (χ2n) is 9.11. The summed E-state index contributed by atoms with van der Waals surface area (Å²) < 4.78 is 33.1. The van der Waals surface area contributed by atoms with Crippen LogP contribution in [0.1, 0.15) is 56.8 Å². The summed E-state index contributed by atoms with van der Waals surface area (Å²) in [5.74, 6) is -0.225. The van der Waals surface area contributed by atoms with Crippen LogP contribution in [0.4, 0.5) is 4.79 Å². The standard InChI is InChI=1S/C22H33N3O5S/c1-22(2,3)30-21(27)24-15-13-23(14-16-24)20(26)18-9-8-10-19(17-18)31(28,29)25-11-6-4-5-7-12-25/h8-10,17H,4-7,11-16H2,1-3H3. The average Bonchev–Trinajstić information content (AvgIpc) is 3.02. The molecule has 3 rings (SSSR count). The molecule has 2 amide bonds. The van der Waals surface area contributed by atoms with Gasteiger partial charge in [-0.2, -0.15) is 4.31 Å². The van der Waals surface area contributed by atoms with Crippen LogP contribution in [-0.2, 0) is 14.8 Å². The molecule has 0 N–H and O–H groups in total. The van der Waals surface area contributed by atoms with Gasteiger partial charge in [-0.1, -0.05) is 18.9 Å². The summed E-state index contributed by atoms with van der Waals surface area (Å²) in [6.07, 6.45) is 3.42. The van der Waals surface area contributed by atoms with Gasteiger partial charge in [0.15, 0.2) is 0 Å². The number of amides is 2. The molecule has 0 bridgehead atoms. The lowest BCUT2D eigenvalue weighted by Crippen LogP contribution is -2.51. The van der Waals surface area contributed by atoms with Gasteiger partial charge < -0.3 is 14.5 Å². The van der Waals surface area contributed by atoms with Crippen LogP contribution in [0.2, 0.25) is 0 Å². The minimum atomic E-state index is -3.62. The van der Waals surface area contributed by atoms with Gasteiger partial charge in [-0.15, -0.1) is 0 Å². The van der Waals surface area contributed by atoms with Gasteiger partial charge in [0.05, 0.1) is 4.90 Å². The lowest BCUT2D eigenvalue weighted by atomic mass is 10.2. The predicted octanol–water partition coefficient (Wildman–Crippen LogP) is 2.94. The molecular formula is C22H33N3O5S. The maximum atomic E-state index is 13.1. The maximum absolute atomic E-state index is 13.1. The van der Waals surface area contributed by atoms with E-state index < -0.39 is 15.6 Å². The number of benzene rings is 1. The quantitative estimate of drug-likeness (QED) is 0.705. The monoisotopic (exact) mass is 451 g/mol. The second kappa shape index (κ2) is 9.56. The van der Waals surface area contributed by atoms with E-state index in [-0.39, 0.29) is 16.9 Å². The van der Waals surface area contributed by atoms with Gasteiger partial charge in [-0.3, -0.25) is 4.79 Å². The number of hydrogen-bond donors (Lipinski definition) is 0. The van der Waals surface area contributed by atoms with E-state index in [0.29, 0.717) is 44.8 Å². The highest BCUT2D eigenvalue weighted by molar-refractivity contribution is 7.89. The van der Waals surface area contributed by atoms with Crippen molar-refractivity contribution in [1.82, 2.24) is 14.1 Å². The van der Waals surface area contributed by atoms with Crippen molar-refractivity contribution in [3.63, 3.8) is 0 Å². The van der Waals surface area contributed by atoms with Crippen LogP contribution in [-0.4, -0.2) is 79.4 Å². The van der Waals surface area contributed by atoms with Gasteiger partial charge in [-0.05, 0) is 51.8 Å². The Hall–Kier alpha value is -2.13. The van der Waals surface area contributed by atoms with E-state index >= 15 is 0 Å². The van der Waals surface area contributed by atoms with Gasteiger partial charge in [0.25, 0.3) is 5.91 Å². The minimum Gasteiger partial charge on any atom is -0.444 e. The largest absolute Gasteiger partial charge is 0.444 e. The van der Waals surface area contributed by atoms with Gasteiger partial charge in [0, 0.05) is 44.8 Å². The first-order valence-electron chi connectivity index (χ1n) is 11.0. The molecule has 8 nitrogen and oxygen atoms in total. The van der Waals surface area contributed by atoms with E-state index in [9.17, 15) is 18.0 Å². The zero-order valence-electron chi connectivity index (χ0n) is 18.7. The molecule has 2 fully saturated rings. The number of sulfonamides is 1. The van der Waals surface area contributed by atoms with E-state index in [4.69, 9.17) is 4.74 Å². The second-order valence-corrected chi connectivity index (χ2v) is 11.0. The van der Waals surface area contributed by atoms with Crippen LogP contribution < -0.4 is 0 Å². The van der Waals surface area contributed by atoms with Gasteiger partial charge in [0.2, 0.25) is 10.0 Å². The van der Waals surface area contributed by atoms with Crippen molar-refractivity contribution in [2.75, 3.05) is 39.3 Å². The maximum Gasteiger partial charge on any atom is 0.410 e. The number of piperazine rings is 1. The Balaban J connectivity index is 1.66. The van der Waals surface area contributed by atoms with Crippen LogP contribution in [0, 0.1) is 0 Å². The molecule has 2 saturated heterocycles. The molecule has 1 aromatic carbocycles. The van der Waals surface area contributed by atoms with Crippen molar-refractivity contribution < 1.29 is 22.7 Å². The number of rotatable bonds is 3. The number of carbonyl (C=O) groups excluding carboxylic acids is 2. The van der Waals surface area contributed by atoms with Crippen molar-refractivity contribution in [1.29, 1.82) is 0 Å². The van der Waals surface area contributed by atoms with E-state index in [1.54, 1.807) is 28.0 Å². The Morgan fingerprint density at radius 3 is 2.03 bits per heavy atom. The smallest absolute Gasteiger partial charge is 0.410 e. The highest BCUT2D eigenvalue weighted by Crippen LogP contribution is 2.22. The molecule has 0 unspecified atom stereocenters. The van der Waals surface area contributed by atoms with Gasteiger partial charge in [0.1, 0.15) is 5.60 Å². The Kier molecular flexibility index (Phi) is 7.26. The molecule has 0 aliphatic carbocycles. The molecule has 31 heavy (non-hydrogen) atoms. The van der Waals surface area contributed by atoms with Crippen molar-refractivity contribution in [2.24, 2.45) is 0 Å². The number of nitrogens with zero attached hydrogens (tertiary/aromatic N) is 3. The molecule has 0 atom stereocenters. The Bertz CT molecular complexity index is 894. The van der Waals surface area contributed by atoms with E-state index in [1.165, 1.54) is 10.4 Å². The normalized spacial score (nSPS) is 19.1. The first kappa shape index (κ1) is 23.5. The molecule has 1 aromatic rings. The number of hydrogen-bond acceptors (Lipinski definition) is 5. The van der Waals surface area contributed by atoms with Crippen LogP contribution in [0.15, 0.2) is 29.2 Å². The molecule has 0 radical (unpaired) electrons. The van der Waals surface area contributed by atoms with Crippen LogP contribution in [0.3, 0.4) is 0 Å².